The molecule has 0 bridgehead atoms. The van der Waals surface area contributed by atoms with Crippen LogP contribution < -0.4 is 23.7 Å². The Kier molecular flexibility index (Phi) is 10.6. The first-order valence-electron chi connectivity index (χ1n) is 13.9. The van der Waals surface area contributed by atoms with Gasteiger partial charge in [0.1, 0.15) is 5.75 Å². The Hall–Kier alpha value is -4.59. The number of ether oxygens (including phenoxy) is 6. The van der Waals surface area contributed by atoms with Crippen molar-refractivity contribution in [2.45, 2.75) is 44.8 Å². The van der Waals surface area contributed by atoms with Crippen LogP contribution in [0.2, 0.25) is 0 Å². The van der Waals surface area contributed by atoms with Gasteiger partial charge in [0.15, 0.2) is 23.0 Å². The molecule has 0 aliphatic carbocycles. The Balaban J connectivity index is 1.59. The quantitative estimate of drug-likeness (QED) is 0.123. The van der Waals surface area contributed by atoms with E-state index in [1.165, 1.54) is 24.3 Å². The molecule has 1 heterocycles. The summed E-state index contributed by atoms with van der Waals surface area (Å²) in [5, 5.41) is 20.0. The van der Waals surface area contributed by atoms with Crippen molar-refractivity contribution in [2.75, 3.05) is 35.0 Å². The van der Waals surface area contributed by atoms with Gasteiger partial charge in [-0.05, 0) is 78.9 Å². The summed E-state index contributed by atoms with van der Waals surface area (Å²) in [5.41, 5.74) is 2.73. The fourth-order valence-electron chi connectivity index (χ4n) is 4.92. The SMILES string of the molecule is CCCOc1c(CC#CN(O)C(=O)c2ccc(O)cc2)cc(C2CCC(c3cc(OC)c(OC)c(OC)c3)O2)cc1OC. The summed E-state index contributed by atoms with van der Waals surface area (Å²) in [5.74, 6) is 4.90. The minimum atomic E-state index is -0.710. The molecule has 10 nitrogen and oxygen atoms in total. The van der Waals surface area contributed by atoms with Gasteiger partial charge in [0.2, 0.25) is 5.75 Å². The van der Waals surface area contributed by atoms with Crippen LogP contribution in [0, 0.1) is 12.0 Å². The van der Waals surface area contributed by atoms with Crippen molar-refractivity contribution in [1.29, 1.82) is 0 Å². The number of hydrogen-bond acceptors (Lipinski definition) is 9. The summed E-state index contributed by atoms with van der Waals surface area (Å²) in [6.07, 6.45) is 2.08. The zero-order chi connectivity index (χ0) is 30.9. The minimum Gasteiger partial charge on any atom is -0.508 e. The fourth-order valence-corrected chi connectivity index (χ4v) is 4.92. The van der Waals surface area contributed by atoms with Crippen LogP contribution in [0.4, 0.5) is 0 Å². The van der Waals surface area contributed by atoms with E-state index in [1.54, 1.807) is 28.4 Å². The van der Waals surface area contributed by atoms with Crippen molar-refractivity contribution in [3.63, 3.8) is 0 Å². The molecule has 43 heavy (non-hydrogen) atoms. The number of hydrogen-bond donors (Lipinski definition) is 2. The maximum atomic E-state index is 12.5. The lowest BCUT2D eigenvalue weighted by Gasteiger charge is -2.20. The zero-order valence-corrected chi connectivity index (χ0v) is 25.0. The lowest BCUT2D eigenvalue weighted by Crippen LogP contribution is -2.22. The second-order valence-corrected chi connectivity index (χ2v) is 9.84. The van der Waals surface area contributed by atoms with Crippen LogP contribution >= 0.6 is 0 Å². The number of amides is 1. The van der Waals surface area contributed by atoms with E-state index in [1.807, 2.05) is 31.2 Å². The predicted octanol–water partition coefficient (Wildman–Crippen LogP) is 5.84. The summed E-state index contributed by atoms with van der Waals surface area (Å²) in [6, 6.07) is 15.7. The molecule has 0 saturated carbocycles. The predicted molar refractivity (Wildman–Crippen MR) is 158 cm³/mol. The lowest BCUT2D eigenvalue weighted by atomic mass is 9.99. The molecule has 1 aliphatic rings. The second-order valence-electron chi connectivity index (χ2n) is 9.84. The van der Waals surface area contributed by atoms with E-state index in [0.29, 0.717) is 40.4 Å². The van der Waals surface area contributed by atoms with Crippen LogP contribution in [0.5, 0.6) is 34.5 Å². The third kappa shape index (κ3) is 7.25. The summed E-state index contributed by atoms with van der Waals surface area (Å²) < 4.78 is 34.8. The van der Waals surface area contributed by atoms with E-state index in [2.05, 4.69) is 12.0 Å². The number of hydroxylamine groups is 2. The van der Waals surface area contributed by atoms with Crippen LogP contribution in [0.15, 0.2) is 48.5 Å². The molecular formula is C33H37NO9. The normalized spacial score (nSPS) is 15.7. The van der Waals surface area contributed by atoms with Crippen molar-refractivity contribution in [3.05, 3.63) is 70.8 Å². The maximum Gasteiger partial charge on any atom is 0.289 e. The summed E-state index contributed by atoms with van der Waals surface area (Å²) in [7, 11) is 6.31. The molecule has 10 heteroatoms. The van der Waals surface area contributed by atoms with E-state index in [4.69, 9.17) is 28.4 Å². The number of phenolic OH excluding ortho intramolecular Hbond substituents is 1. The van der Waals surface area contributed by atoms with E-state index in [9.17, 15) is 15.1 Å². The number of benzene rings is 3. The van der Waals surface area contributed by atoms with Crippen molar-refractivity contribution in [2.24, 2.45) is 0 Å². The molecule has 1 aliphatic heterocycles. The molecule has 3 aromatic rings. The monoisotopic (exact) mass is 591 g/mol. The van der Waals surface area contributed by atoms with Gasteiger partial charge in [0.25, 0.3) is 5.91 Å². The van der Waals surface area contributed by atoms with Crippen molar-refractivity contribution in [3.8, 4) is 46.5 Å². The van der Waals surface area contributed by atoms with E-state index >= 15 is 0 Å². The van der Waals surface area contributed by atoms with Gasteiger partial charge in [-0.2, -0.15) is 0 Å². The van der Waals surface area contributed by atoms with Gasteiger partial charge < -0.3 is 33.5 Å². The van der Waals surface area contributed by atoms with Gasteiger partial charge in [0.05, 0.1) is 47.3 Å². The Morgan fingerprint density at radius 1 is 0.884 bits per heavy atom. The number of carbonyl (C=O) groups is 1. The highest BCUT2D eigenvalue weighted by molar-refractivity contribution is 5.94. The highest BCUT2D eigenvalue weighted by Crippen LogP contribution is 2.47. The first-order chi connectivity index (χ1) is 20.8. The molecule has 0 spiro atoms. The topological polar surface area (TPSA) is 116 Å². The molecule has 0 radical (unpaired) electrons. The first kappa shape index (κ1) is 31.3. The largest absolute Gasteiger partial charge is 0.508 e. The molecule has 2 atom stereocenters. The van der Waals surface area contributed by atoms with Crippen molar-refractivity contribution >= 4 is 5.91 Å². The molecule has 3 aromatic carbocycles. The van der Waals surface area contributed by atoms with E-state index in [-0.39, 0.29) is 29.9 Å². The van der Waals surface area contributed by atoms with Gasteiger partial charge >= 0.3 is 0 Å². The molecular weight excluding hydrogens is 554 g/mol. The standard InChI is InChI=1S/C33H37NO9/c1-6-16-42-31-22(8-7-15-34(37)33(36)21-9-11-25(35)12-10-21)17-23(18-28(31)38-2)26-13-14-27(43-26)24-19-29(39-3)32(41-5)30(20-24)40-4/h9-12,17-20,26-27,35,37H,6,8,13-14,16H2,1-5H3. The maximum absolute atomic E-state index is 12.5. The van der Waals surface area contributed by atoms with Gasteiger partial charge in [-0.1, -0.05) is 12.8 Å². The van der Waals surface area contributed by atoms with Crippen LogP contribution in [0.25, 0.3) is 0 Å². The molecule has 1 saturated heterocycles. The summed E-state index contributed by atoms with van der Waals surface area (Å²) >= 11 is 0. The number of methoxy groups -OCH3 is 4. The van der Waals surface area contributed by atoms with E-state index < -0.39 is 5.91 Å². The Morgan fingerprint density at radius 3 is 1.98 bits per heavy atom. The minimum absolute atomic E-state index is 0.0153. The number of rotatable bonds is 11. The molecule has 1 amide bonds. The van der Waals surface area contributed by atoms with Crippen LogP contribution in [-0.4, -0.2) is 56.3 Å². The highest BCUT2D eigenvalue weighted by Gasteiger charge is 2.31. The van der Waals surface area contributed by atoms with Crippen molar-refractivity contribution < 1.29 is 43.5 Å². The third-order valence-electron chi connectivity index (χ3n) is 7.05. The average Bonchev–Trinajstić information content (AvgIpc) is 3.53. The molecule has 1 fully saturated rings. The number of aromatic hydroxyl groups is 1. The summed E-state index contributed by atoms with van der Waals surface area (Å²) in [4.78, 5) is 12.5. The average molecular weight is 592 g/mol. The van der Waals surface area contributed by atoms with Crippen LogP contribution in [0.1, 0.15) is 65.4 Å². The highest BCUT2D eigenvalue weighted by atomic mass is 16.5. The van der Waals surface area contributed by atoms with Gasteiger partial charge in [-0.15, -0.1) is 5.06 Å². The number of carbonyl (C=O) groups excluding carboxylic acids is 1. The Labute approximate surface area is 251 Å². The zero-order valence-electron chi connectivity index (χ0n) is 25.0. The third-order valence-corrected chi connectivity index (χ3v) is 7.05. The van der Waals surface area contributed by atoms with Gasteiger partial charge in [0, 0.05) is 23.6 Å². The summed E-state index contributed by atoms with van der Waals surface area (Å²) in [6.45, 7) is 2.49. The van der Waals surface area contributed by atoms with Crippen LogP contribution in [-0.2, 0) is 11.2 Å². The molecule has 228 valence electrons. The Morgan fingerprint density at radius 2 is 1.44 bits per heavy atom. The van der Waals surface area contributed by atoms with Gasteiger partial charge in [-0.25, -0.2) is 0 Å². The number of nitrogens with zero attached hydrogens (tertiary/aromatic N) is 1. The molecule has 0 aromatic heterocycles. The molecule has 2 unspecified atom stereocenters. The molecule has 2 N–H and O–H groups in total. The van der Waals surface area contributed by atoms with Crippen LogP contribution in [0.3, 0.4) is 0 Å². The van der Waals surface area contributed by atoms with E-state index in [0.717, 1.165) is 36.0 Å². The number of phenols is 1. The second kappa shape index (κ2) is 14.5. The first-order valence-corrected chi connectivity index (χ1v) is 13.9. The van der Waals surface area contributed by atoms with Crippen molar-refractivity contribution in [1.82, 2.24) is 5.06 Å². The lowest BCUT2D eigenvalue weighted by molar-refractivity contribution is -0.0117. The Bertz CT molecular complexity index is 1450. The fraction of sp³-hybridized carbons (Fsp3) is 0.364. The smallest absolute Gasteiger partial charge is 0.289 e. The van der Waals surface area contributed by atoms with Gasteiger partial charge in [-0.3, -0.25) is 10.0 Å². The molecule has 4 rings (SSSR count).